The van der Waals surface area contributed by atoms with Gasteiger partial charge in [0.15, 0.2) is 6.29 Å². The summed E-state index contributed by atoms with van der Waals surface area (Å²) in [6.45, 7) is 2.41. The molecule has 0 aliphatic carbocycles. The van der Waals surface area contributed by atoms with Crippen LogP contribution >= 0.6 is 0 Å². The van der Waals surface area contributed by atoms with Gasteiger partial charge in [-0.1, -0.05) is 0 Å². The molecule has 1 aliphatic rings. The number of carbonyl (C=O) groups is 1. The molecule has 0 radical (unpaired) electrons. The second-order valence-electron chi connectivity index (χ2n) is 4.57. The molecule has 8 nitrogen and oxygen atoms in total. The van der Waals surface area contributed by atoms with Gasteiger partial charge in [-0.15, -0.1) is 0 Å². The molecule has 1 fully saturated rings. The molecule has 0 saturated carbocycles. The van der Waals surface area contributed by atoms with Crippen molar-refractivity contribution in [1.82, 2.24) is 5.32 Å². The average Bonchev–Trinajstić information content (AvgIpc) is 2.41. The van der Waals surface area contributed by atoms with Crippen molar-refractivity contribution in [3.8, 4) is 0 Å². The summed E-state index contributed by atoms with van der Waals surface area (Å²) in [6.07, 6.45) is -3.47. The van der Waals surface area contributed by atoms with Crippen LogP contribution in [0.3, 0.4) is 0 Å². The van der Waals surface area contributed by atoms with E-state index in [1.54, 1.807) is 0 Å². The second-order valence-corrected chi connectivity index (χ2v) is 4.57. The highest BCUT2D eigenvalue weighted by Crippen LogP contribution is 2.20. The molecule has 118 valence electrons. The van der Waals surface area contributed by atoms with Gasteiger partial charge >= 0.3 is 0 Å². The molecule has 4 N–H and O–H groups in total. The van der Waals surface area contributed by atoms with Crippen molar-refractivity contribution in [2.24, 2.45) is 0 Å². The van der Waals surface area contributed by atoms with E-state index in [0.717, 1.165) is 0 Å². The van der Waals surface area contributed by atoms with Gasteiger partial charge in [-0.2, -0.15) is 0 Å². The molecule has 0 aromatic rings. The Hall–Kier alpha value is -0.770. The zero-order valence-corrected chi connectivity index (χ0v) is 11.5. The predicted octanol–water partition coefficient (Wildman–Crippen LogP) is -2.02. The van der Waals surface area contributed by atoms with Gasteiger partial charge in [0, 0.05) is 19.9 Å². The summed E-state index contributed by atoms with van der Waals surface area (Å²) in [5.41, 5.74) is 0. The fourth-order valence-electron chi connectivity index (χ4n) is 1.80. The van der Waals surface area contributed by atoms with Crippen LogP contribution in [0, 0.1) is 0 Å². The Labute approximate surface area is 117 Å². The van der Waals surface area contributed by atoms with Gasteiger partial charge in [-0.25, -0.2) is 0 Å². The molecule has 1 saturated heterocycles. The van der Waals surface area contributed by atoms with Crippen LogP contribution in [0.5, 0.6) is 0 Å². The Morgan fingerprint density at radius 2 is 2.10 bits per heavy atom. The first kappa shape index (κ1) is 17.3. The molecule has 1 heterocycles. The van der Waals surface area contributed by atoms with Crippen LogP contribution in [0.4, 0.5) is 0 Å². The number of rotatable bonds is 8. The third-order valence-electron chi connectivity index (χ3n) is 2.84. The second kappa shape index (κ2) is 9.22. The van der Waals surface area contributed by atoms with E-state index in [1.807, 2.05) is 0 Å². The number of aliphatic hydroxyl groups is 3. The molecule has 0 bridgehead atoms. The van der Waals surface area contributed by atoms with Crippen molar-refractivity contribution in [1.29, 1.82) is 0 Å². The van der Waals surface area contributed by atoms with Crippen LogP contribution in [0.15, 0.2) is 0 Å². The van der Waals surface area contributed by atoms with E-state index in [9.17, 15) is 15.0 Å². The first-order chi connectivity index (χ1) is 9.54. The van der Waals surface area contributed by atoms with Crippen molar-refractivity contribution >= 4 is 5.91 Å². The summed E-state index contributed by atoms with van der Waals surface area (Å²) in [5, 5.41) is 30.8. The zero-order chi connectivity index (χ0) is 15.0. The lowest BCUT2D eigenvalue weighted by molar-refractivity contribution is -0.273. The number of aliphatic hydroxyl groups excluding tert-OH is 3. The quantitative estimate of drug-likeness (QED) is 0.382. The third-order valence-corrected chi connectivity index (χ3v) is 2.84. The zero-order valence-electron chi connectivity index (χ0n) is 11.5. The van der Waals surface area contributed by atoms with Crippen molar-refractivity contribution in [3.05, 3.63) is 0 Å². The standard InChI is InChI=1S/C12H23NO7/c1-8(15)13-2-3-18-4-5-19-12-11(17)10(16)6-9(7-14)20-12/h9-12,14,16-17H,2-7H2,1H3,(H,13,15)/t9-,10-,11-,12-/m0/s1. The van der Waals surface area contributed by atoms with Crippen molar-refractivity contribution in [2.45, 2.75) is 37.9 Å². The van der Waals surface area contributed by atoms with Crippen molar-refractivity contribution in [3.63, 3.8) is 0 Å². The highest BCUT2D eigenvalue weighted by atomic mass is 16.7. The lowest BCUT2D eigenvalue weighted by Gasteiger charge is -2.36. The first-order valence-electron chi connectivity index (χ1n) is 6.60. The molecular formula is C12H23NO7. The van der Waals surface area contributed by atoms with Crippen LogP contribution in [0.2, 0.25) is 0 Å². The summed E-state index contributed by atoms with van der Waals surface area (Å²) in [7, 11) is 0. The normalized spacial score (nSPS) is 30.2. The lowest BCUT2D eigenvalue weighted by atomic mass is 10.0. The SMILES string of the molecule is CC(=O)NCCOCCO[C@H]1O[C@H](CO)C[C@H](O)[C@@H]1O. The maximum atomic E-state index is 10.6. The first-order valence-corrected chi connectivity index (χ1v) is 6.60. The molecule has 0 unspecified atom stereocenters. The Morgan fingerprint density at radius 3 is 2.75 bits per heavy atom. The lowest BCUT2D eigenvalue weighted by Crippen LogP contribution is -2.50. The predicted molar refractivity (Wildman–Crippen MR) is 67.8 cm³/mol. The largest absolute Gasteiger partial charge is 0.394 e. The summed E-state index contributed by atoms with van der Waals surface area (Å²) < 4.78 is 15.8. The van der Waals surface area contributed by atoms with Crippen LogP contribution in [-0.4, -0.2) is 78.8 Å². The number of amides is 1. The molecule has 4 atom stereocenters. The molecule has 1 rings (SSSR count). The molecule has 20 heavy (non-hydrogen) atoms. The maximum Gasteiger partial charge on any atom is 0.216 e. The minimum absolute atomic E-state index is 0.118. The molecule has 0 aromatic carbocycles. The van der Waals surface area contributed by atoms with Gasteiger partial charge < -0.3 is 34.8 Å². The summed E-state index contributed by atoms with van der Waals surface area (Å²) in [4.78, 5) is 10.6. The van der Waals surface area contributed by atoms with E-state index in [4.69, 9.17) is 19.3 Å². The monoisotopic (exact) mass is 293 g/mol. The molecule has 1 aliphatic heterocycles. The van der Waals surface area contributed by atoms with E-state index in [0.29, 0.717) is 13.2 Å². The van der Waals surface area contributed by atoms with E-state index < -0.39 is 24.6 Å². The van der Waals surface area contributed by atoms with E-state index in [-0.39, 0.29) is 32.1 Å². The summed E-state index contributed by atoms with van der Waals surface area (Å²) in [5.74, 6) is -0.118. The fraction of sp³-hybridized carbons (Fsp3) is 0.917. The minimum atomic E-state index is -1.14. The molecule has 0 spiro atoms. The Bertz CT molecular complexity index is 289. The smallest absolute Gasteiger partial charge is 0.216 e. The van der Waals surface area contributed by atoms with Gasteiger partial charge in [0.1, 0.15) is 6.10 Å². The molecule has 1 amide bonds. The molecule has 8 heteroatoms. The van der Waals surface area contributed by atoms with E-state index >= 15 is 0 Å². The Kier molecular flexibility index (Phi) is 7.97. The molecule has 0 aromatic heterocycles. The topological polar surface area (TPSA) is 117 Å². The Morgan fingerprint density at radius 1 is 1.35 bits per heavy atom. The van der Waals surface area contributed by atoms with Crippen LogP contribution in [0.1, 0.15) is 13.3 Å². The van der Waals surface area contributed by atoms with Crippen molar-refractivity contribution < 1.29 is 34.3 Å². The number of hydrogen-bond donors (Lipinski definition) is 4. The van der Waals surface area contributed by atoms with Crippen LogP contribution < -0.4 is 5.32 Å². The third kappa shape index (κ3) is 6.12. The van der Waals surface area contributed by atoms with Gasteiger partial charge in [0.2, 0.25) is 5.91 Å². The number of hydrogen-bond acceptors (Lipinski definition) is 7. The van der Waals surface area contributed by atoms with Crippen molar-refractivity contribution in [2.75, 3.05) is 33.0 Å². The van der Waals surface area contributed by atoms with E-state index in [1.165, 1.54) is 6.92 Å². The Balaban J connectivity index is 2.12. The maximum absolute atomic E-state index is 10.6. The summed E-state index contributed by atoms with van der Waals surface area (Å²) >= 11 is 0. The highest BCUT2D eigenvalue weighted by Gasteiger charge is 2.36. The van der Waals surface area contributed by atoms with Crippen LogP contribution in [-0.2, 0) is 19.0 Å². The van der Waals surface area contributed by atoms with Gasteiger partial charge in [-0.05, 0) is 0 Å². The minimum Gasteiger partial charge on any atom is -0.394 e. The van der Waals surface area contributed by atoms with Gasteiger partial charge in [0.25, 0.3) is 0 Å². The number of nitrogens with one attached hydrogen (secondary N) is 1. The van der Waals surface area contributed by atoms with E-state index in [2.05, 4.69) is 5.32 Å². The fourth-order valence-corrected chi connectivity index (χ4v) is 1.80. The van der Waals surface area contributed by atoms with Gasteiger partial charge in [-0.3, -0.25) is 4.79 Å². The van der Waals surface area contributed by atoms with Crippen LogP contribution in [0.25, 0.3) is 0 Å². The number of carbonyl (C=O) groups excluding carboxylic acids is 1. The highest BCUT2D eigenvalue weighted by molar-refractivity contribution is 5.72. The summed E-state index contributed by atoms with van der Waals surface area (Å²) in [6, 6.07) is 0. The number of ether oxygens (including phenoxy) is 3. The van der Waals surface area contributed by atoms with Gasteiger partial charge in [0.05, 0.1) is 38.6 Å². The average molecular weight is 293 g/mol. The molecular weight excluding hydrogens is 270 g/mol.